The normalized spacial score (nSPS) is 10.7. The summed E-state index contributed by atoms with van der Waals surface area (Å²) >= 11 is 0. The second kappa shape index (κ2) is 4.08. The quantitative estimate of drug-likeness (QED) is 0.796. The highest BCUT2D eigenvalue weighted by atomic mass is 16.1. The number of aryl methyl sites for hydroxylation is 1. The lowest BCUT2D eigenvalue weighted by Gasteiger charge is -1.99. The van der Waals surface area contributed by atoms with Crippen LogP contribution in [-0.4, -0.2) is 20.9 Å². The van der Waals surface area contributed by atoms with Crippen LogP contribution < -0.4 is 5.73 Å². The first-order valence-corrected chi connectivity index (χ1v) is 4.84. The fourth-order valence-electron chi connectivity index (χ4n) is 1.49. The number of aromatic nitrogens is 3. The van der Waals surface area contributed by atoms with Gasteiger partial charge in [0.15, 0.2) is 0 Å². The minimum Gasteiger partial charge on any atom is -0.370 e. The number of primary amides is 1. The highest BCUT2D eigenvalue weighted by molar-refractivity contribution is 5.74. The number of fused-ring (bicyclic) bond motifs is 1. The lowest BCUT2D eigenvalue weighted by atomic mass is 10.3. The molecule has 1 amide bonds. The molecule has 2 rings (SSSR count). The predicted molar refractivity (Wildman–Crippen MR) is 56.0 cm³/mol. The summed E-state index contributed by atoms with van der Waals surface area (Å²) in [5, 5.41) is 8.02. The van der Waals surface area contributed by atoms with Crippen molar-refractivity contribution in [2.24, 2.45) is 5.73 Å². The van der Waals surface area contributed by atoms with E-state index in [2.05, 4.69) is 10.3 Å². The fraction of sp³-hybridized carbons (Fsp3) is 0.300. The number of para-hydroxylation sites is 1. The van der Waals surface area contributed by atoms with Crippen LogP contribution in [0.1, 0.15) is 12.8 Å². The van der Waals surface area contributed by atoms with Crippen LogP contribution in [0.15, 0.2) is 24.3 Å². The summed E-state index contributed by atoms with van der Waals surface area (Å²) in [6.07, 6.45) is 1.08. The highest BCUT2D eigenvalue weighted by Crippen LogP contribution is 2.10. The Balaban J connectivity index is 2.11. The summed E-state index contributed by atoms with van der Waals surface area (Å²) in [6.45, 7) is 0.670. The van der Waals surface area contributed by atoms with E-state index in [0.717, 1.165) is 11.0 Å². The third kappa shape index (κ3) is 2.12. The van der Waals surface area contributed by atoms with Crippen molar-refractivity contribution in [3.63, 3.8) is 0 Å². The van der Waals surface area contributed by atoms with Crippen molar-refractivity contribution in [2.45, 2.75) is 19.4 Å². The molecule has 1 heterocycles. The van der Waals surface area contributed by atoms with E-state index in [1.54, 1.807) is 4.68 Å². The van der Waals surface area contributed by atoms with E-state index in [-0.39, 0.29) is 5.91 Å². The van der Waals surface area contributed by atoms with Crippen LogP contribution in [0.2, 0.25) is 0 Å². The third-order valence-electron chi connectivity index (χ3n) is 2.21. The van der Waals surface area contributed by atoms with Gasteiger partial charge in [-0.15, -0.1) is 5.10 Å². The molecule has 1 aromatic heterocycles. The van der Waals surface area contributed by atoms with Crippen LogP contribution in [0.5, 0.6) is 0 Å². The van der Waals surface area contributed by atoms with E-state index in [4.69, 9.17) is 5.73 Å². The largest absolute Gasteiger partial charge is 0.370 e. The van der Waals surface area contributed by atoms with Crippen molar-refractivity contribution in [1.82, 2.24) is 15.0 Å². The maximum Gasteiger partial charge on any atom is 0.217 e. The monoisotopic (exact) mass is 204 g/mol. The molecule has 0 saturated heterocycles. The molecule has 1 aromatic carbocycles. The molecular formula is C10H12N4O. The van der Waals surface area contributed by atoms with Crippen LogP contribution in [-0.2, 0) is 11.3 Å². The Bertz CT molecular complexity index is 477. The number of nitrogens with zero attached hydrogens (tertiary/aromatic N) is 3. The number of rotatable bonds is 4. The van der Waals surface area contributed by atoms with Crippen molar-refractivity contribution in [3.8, 4) is 0 Å². The van der Waals surface area contributed by atoms with Gasteiger partial charge < -0.3 is 5.73 Å². The van der Waals surface area contributed by atoms with Crippen LogP contribution in [0.3, 0.4) is 0 Å². The first-order chi connectivity index (χ1) is 7.27. The van der Waals surface area contributed by atoms with E-state index in [1.807, 2.05) is 24.3 Å². The average Bonchev–Trinajstić information content (AvgIpc) is 2.62. The predicted octanol–water partition coefficient (Wildman–Crippen LogP) is 0.697. The van der Waals surface area contributed by atoms with Crippen LogP contribution in [0.4, 0.5) is 0 Å². The molecule has 78 valence electrons. The minimum absolute atomic E-state index is 0.278. The van der Waals surface area contributed by atoms with Gasteiger partial charge in [0.05, 0.1) is 5.52 Å². The van der Waals surface area contributed by atoms with E-state index in [9.17, 15) is 4.79 Å². The maximum atomic E-state index is 10.6. The molecule has 2 aromatic rings. The molecule has 0 spiro atoms. The van der Waals surface area contributed by atoms with Gasteiger partial charge in [-0.25, -0.2) is 4.68 Å². The van der Waals surface area contributed by atoms with Gasteiger partial charge >= 0.3 is 0 Å². The Morgan fingerprint density at radius 2 is 2.20 bits per heavy atom. The molecule has 0 radical (unpaired) electrons. The molecule has 15 heavy (non-hydrogen) atoms. The van der Waals surface area contributed by atoms with Gasteiger partial charge in [-0.2, -0.15) is 0 Å². The first kappa shape index (κ1) is 9.64. The Morgan fingerprint density at radius 3 is 3.00 bits per heavy atom. The van der Waals surface area contributed by atoms with Crippen LogP contribution in [0.25, 0.3) is 11.0 Å². The second-order valence-electron chi connectivity index (χ2n) is 3.37. The van der Waals surface area contributed by atoms with Gasteiger partial charge in [0.25, 0.3) is 0 Å². The van der Waals surface area contributed by atoms with Gasteiger partial charge in [0, 0.05) is 13.0 Å². The minimum atomic E-state index is -0.278. The van der Waals surface area contributed by atoms with Gasteiger partial charge in [-0.1, -0.05) is 17.3 Å². The van der Waals surface area contributed by atoms with Crippen molar-refractivity contribution in [3.05, 3.63) is 24.3 Å². The molecule has 5 nitrogen and oxygen atoms in total. The van der Waals surface area contributed by atoms with E-state index < -0.39 is 0 Å². The third-order valence-corrected chi connectivity index (χ3v) is 2.21. The topological polar surface area (TPSA) is 73.8 Å². The van der Waals surface area contributed by atoms with Gasteiger partial charge in [0.1, 0.15) is 5.52 Å². The molecule has 0 saturated carbocycles. The SMILES string of the molecule is NC(=O)CCCn1nnc2ccccc21. The summed E-state index contributed by atoms with van der Waals surface area (Å²) in [6, 6.07) is 7.73. The van der Waals surface area contributed by atoms with Crippen molar-refractivity contribution < 1.29 is 4.79 Å². The number of carbonyl (C=O) groups excluding carboxylic acids is 1. The number of amides is 1. The Kier molecular flexibility index (Phi) is 2.62. The first-order valence-electron chi connectivity index (χ1n) is 4.84. The molecule has 0 bridgehead atoms. The van der Waals surface area contributed by atoms with Gasteiger partial charge in [-0.3, -0.25) is 4.79 Å². The van der Waals surface area contributed by atoms with E-state index in [1.165, 1.54) is 0 Å². The van der Waals surface area contributed by atoms with E-state index in [0.29, 0.717) is 19.4 Å². The standard InChI is InChI=1S/C10H12N4O/c11-10(15)6-3-7-14-9-5-2-1-4-8(9)12-13-14/h1-2,4-5H,3,6-7H2,(H2,11,15). The average molecular weight is 204 g/mol. The highest BCUT2D eigenvalue weighted by Gasteiger charge is 2.03. The molecule has 5 heteroatoms. The summed E-state index contributed by atoms with van der Waals surface area (Å²) in [5.74, 6) is -0.278. The van der Waals surface area contributed by atoms with Gasteiger partial charge in [-0.05, 0) is 18.6 Å². The summed E-state index contributed by atoms with van der Waals surface area (Å²) in [4.78, 5) is 10.6. The second-order valence-corrected chi connectivity index (χ2v) is 3.37. The van der Waals surface area contributed by atoms with Crippen molar-refractivity contribution in [1.29, 1.82) is 0 Å². The molecule has 0 atom stereocenters. The summed E-state index contributed by atoms with van der Waals surface area (Å²) in [7, 11) is 0. The number of carbonyl (C=O) groups is 1. The van der Waals surface area contributed by atoms with E-state index >= 15 is 0 Å². The molecule has 0 aliphatic rings. The number of hydrogen-bond donors (Lipinski definition) is 1. The van der Waals surface area contributed by atoms with Gasteiger partial charge in [0.2, 0.25) is 5.91 Å². The molecule has 2 N–H and O–H groups in total. The lowest BCUT2D eigenvalue weighted by molar-refractivity contribution is -0.118. The summed E-state index contributed by atoms with van der Waals surface area (Å²) < 4.78 is 1.79. The molecular weight excluding hydrogens is 192 g/mol. The van der Waals surface area contributed by atoms with Crippen LogP contribution >= 0.6 is 0 Å². The molecule has 0 fully saturated rings. The Morgan fingerprint density at radius 1 is 1.40 bits per heavy atom. The summed E-state index contributed by atoms with van der Waals surface area (Å²) in [5.41, 5.74) is 6.92. The zero-order valence-corrected chi connectivity index (χ0v) is 8.26. The molecule has 0 aliphatic heterocycles. The zero-order valence-electron chi connectivity index (χ0n) is 8.26. The zero-order chi connectivity index (χ0) is 10.7. The van der Waals surface area contributed by atoms with Crippen molar-refractivity contribution >= 4 is 16.9 Å². The molecule has 0 unspecified atom stereocenters. The maximum absolute atomic E-state index is 10.6. The number of nitrogens with two attached hydrogens (primary N) is 1. The molecule has 0 aliphatic carbocycles. The smallest absolute Gasteiger partial charge is 0.217 e. The van der Waals surface area contributed by atoms with Crippen molar-refractivity contribution in [2.75, 3.05) is 0 Å². The number of hydrogen-bond acceptors (Lipinski definition) is 3. The Hall–Kier alpha value is -1.91. The Labute approximate surface area is 86.9 Å². The van der Waals surface area contributed by atoms with Crippen LogP contribution in [0, 0.1) is 0 Å². The fourth-order valence-corrected chi connectivity index (χ4v) is 1.49. The lowest BCUT2D eigenvalue weighted by Crippen LogP contribution is -2.11. The number of benzene rings is 1.